The number of para-hydroxylation sites is 2. The normalized spacial score (nSPS) is 11.4. The summed E-state index contributed by atoms with van der Waals surface area (Å²) < 4.78 is 3.48. The number of rotatable bonds is 1. The summed E-state index contributed by atoms with van der Waals surface area (Å²) in [6.45, 7) is 0. The maximum absolute atomic E-state index is 4.75. The predicted molar refractivity (Wildman–Crippen MR) is 81.5 cm³/mol. The van der Waals surface area contributed by atoms with Crippen LogP contribution in [0.3, 0.4) is 0 Å². The smallest absolute Gasteiger partial charge is 0.151 e. The summed E-state index contributed by atoms with van der Waals surface area (Å²) in [5, 5.41) is 1.29. The van der Waals surface area contributed by atoms with E-state index in [1.165, 1.54) is 20.5 Å². The van der Waals surface area contributed by atoms with Crippen molar-refractivity contribution in [3.05, 3.63) is 54.6 Å². The Balaban J connectivity index is 2.01. The average Bonchev–Trinajstić information content (AvgIpc) is 3.00. The highest BCUT2D eigenvalue weighted by Gasteiger charge is 2.11. The first-order valence-corrected chi connectivity index (χ1v) is 7.05. The van der Waals surface area contributed by atoms with Gasteiger partial charge in [-0.15, -0.1) is 11.3 Å². The molecule has 0 aliphatic carbocycles. The molecule has 0 N–H and O–H groups in total. The molecule has 2 nitrogen and oxygen atoms in total. The molecule has 3 heteroatoms. The Hall–Kier alpha value is -2.13. The molecule has 0 bridgehead atoms. The average molecular weight is 264 g/mol. The summed E-state index contributed by atoms with van der Waals surface area (Å²) in [5.41, 5.74) is 2.23. The molecule has 0 aliphatic rings. The molecular formula is C16H12N2S. The number of benzene rings is 2. The minimum atomic E-state index is 1.04. The second-order valence-corrected chi connectivity index (χ2v) is 5.72. The zero-order valence-corrected chi connectivity index (χ0v) is 11.3. The SMILES string of the molecule is Cn1c(-c2cc3ccccc3s2)nc2ccccc21. The largest absolute Gasteiger partial charge is 0.326 e. The Bertz CT molecular complexity index is 853. The molecule has 19 heavy (non-hydrogen) atoms. The molecule has 0 saturated carbocycles. The van der Waals surface area contributed by atoms with E-state index in [0.29, 0.717) is 0 Å². The Morgan fingerprint density at radius 3 is 2.63 bits per heavy atom. The molecular weight excluding hydrogens is 252 g/mol. The third-order valence-electron chi connectivity index (χ3n) is 3.43. The van der Waals surface area contributed by atoms with Crippen LogP contribution in [0.2, 0.25) is 0 Å². The first-order valence-electron chi connectivity index (χ1n) is 6.23. The molecule has 0 saturated heterocycles. The van der Waals surface area contributed by atoms with Crippen molar-refractivity contribution in [2.45, 2.75) is 0 Å². The van der Waals surface area contributed by atoms with E-state index in [-0.39, 0.29) is 0 Å². The van der Waals surface area contributed by atoms with Crippen molar-refractivity contribution in [3.8, 4) is 10.7 Å². The highest BCUT2D eigenvalue weighted by Crippen LogP contribution is 2.33. The van der Waals surface area contributed by atoms with Gasteiger partial charge in [0, 0.05) is 11.7 Å². The van der Waals surface area contributed by atoms with Gasteiger partial charge in [-0.1, -0.05) is 30.3 Å². The van der Waals surface area contributed by atoms with Crippen molar-refractivity contribution in [1.29, 1.82) is 0 Å². The Kier molecular flexibility index (Phi) is 2.23. The minimum Gasteiger partial charge on any atom is -0.326 e. The van der Waals surface area contributed by atoms with Crippen LogP contribution >= 0.6 is 11.3 Å². The number of hydrogen-bond donors (Lipinski definition) is 0. The van der Waals surface area contributed by atoms with Crippen LogP contribution in [0.25, 0.3) is 31.8 Å². The van der Waals surface area contributed by atoms with E-state index in [2.05, 4.69) is 60.1 Å². The molecule has 2 heterocycles. The van der Waals surface area contributed by atoms with E-state index in [0.717, 1.165) is 11.3 Å². The van der Waals surface area contributed by atoms with Crippen LogP contribution in [0.1, 0.15) is 0 Å². The van der Waals surface area contributed by atoms with Crippen LogP contribution in [0.4, 0.5) is 0 Å². The zero-order valence-electron chi connectivity index (χ0n) is 10.5. The first kappa shape index (κ1) is 10.8. The fraction of sp³-hybridized carbons (Fsp3) is 0.0625. The third kappa shape index (κ3) is 1.59. The van der Waals surface area contributed by atoms with Gasteiger partial charge in [0.2, 0.25) is 0 Å². The Morgan fingerprint density at radius 2 is 1.79 bits per heavy atom. The van der Waals surface area contributed by atoms with Crippen LogP contribution < -0.4 is 0 Å². The monoisotopic (exact) mass is 264 g/mol. The van der Waals surface area contributed by atoms with Gasteiger partial charge in [0.05, 0.1) is 15.9 Å². The van der Waals surface area contributed by atoms with Gasteiger partial charge in [-0.25, -0.2) is 4.98 Å². The van der Waals surface area contributed by atoms with Gasteiger partial charge < -0.3 is 4.57 Å². The minimum absolute atomic E-state index is 1.04. The lowest BCUT2D eigenvalue weighted by Crippen LogP contribution is -1.89. The fourth-order valence-electron chi connectivity index (χ4n) is 2.46. The van der Waals surface area contributed by atoms with Gasteiger partial charge >= 0.3 is 0 Å². The van der Waals surface area contributed by atoms with E-state index < -0.39 is 0 Å². The van der Waals surface area contributed by atoms with Crippen LogP contribution in [0.15, 0.2) is 54.6 Å². The van der Waals surface area contributed by atoms with E-state index in [1.54, 1.807) is 11.3 Å². The highest BCUT2D eigenvalue weighted by molar-refractivity contribution is 7.22. The summed E-state index contributed by atoms with van der Waals surface area (Å²) in [4.78, 5) is 5.97. The molecule has 2 aromatic heterocycles. The molecule has 0 fully saturated rings. The second-order valence-electron chi connectivity index (χ2n) is 4.63. The number of hydrogen-bond acceptors (Lipinski definition) is 2. The van der Waals surface area contributed by atoms with Gasteiger partial charge in [-0.3, -0.25) is 0 Å². The summed E-state index contributed by atoms with van der Waals surface area (Å²) in [6, 6.07) is 18.9. The summed E-state index contributed by atoms with van der Waals surface area (Å²) in [5.74, 6) is 1.04. The van der Waals surface area contributed by atoms with E-state index in [9.17, 15) is 0 Å². The second kappa shape index (κ2) is 3.93. The van der Waals surface area contributed by atoms with Gasteiger partial charge in [-0.2, -0.15) is 0 Å². The van der Waals surface area contributed by atoms with Gasteiger partial charge in [0.15, 0.2) is 5.82 Å². The zero-order chi connectivity index (χ0) is 12.8. The third-order valence-corrected chi connectivity index (χ3v) is 4.55. The highest BCUT2D eigenvalue weighted by atomic mass is 32.1. The number of aromatic nitrogens is 2. The maximum atomic E-state index is 4.75. The topological polar surface area (TPSA) is 17.8 Å². The van der Waals surface area contributed by atoms with Crippen molar-refractivity contribution >= 4 is 32.5 Å². The summed E-state index contributed by atoms with van der Waals surface area (Å²) in [7, 11) is 2.08. The standard InChI is InChI=1S/C16H12N2S/c1-18-13-8-4-3-7-12(13)17-16(18)15-10-11-6-2-5-9-14(11)19-15/h2-10H,1H3. The molecule has 0 spiro atoms. The fourth-order valence-corrected chi connectivity index (χ4v) is 3.55. The van der Waals surface area contributed by atoms with Crippen LogP contribution in [-0.4, -0.2) is 9.55 Å². The van der Waals surface area contributed by atoms with Crippen molar-refractivity contribution in [2.24, 2.45) is 7.05 Å². The molecule has 4 rings (SSSR count). The molecule has 2 aromatic carbocycles. The number of fused-ring (bicyclic) bond motifs is 2. The quantitative estimate of drug-likeness (QED) is 0.496. The molecule has 92 valence electrons. The lowest BCUT2D eigenvalue weighted by Gasteiger charge is -1.98. The molecule has 0 atom stereocenters. The van der Waals surface area contributed by atoms with Crippen LogP contribution in [0.5, 0.6) is 0 Å². The van der Waals surface area contributed by atoms with E-state index in [1.807, 2.05) is 6.07 Å². The van der Waals surface area contributed by atoms with Crippen molar-refractivity contribution in [2.75, 3.05) is 0 Å². The maximum Gasteiger partial charge on any atom is 0.151 e. The lowest BCUT2D eigenvalue weighted by molar-refractivity contribution is 0.963. The summed E-state index contributed by atoms with van der Waals surface area (Å²) >= 11 is 1.80. The molecule has 0 aliphatic heterocycles. The molecule has 0 unspecified atom stereocenters. The van der Waals surface area contributed by atoms with Crippen molar-refractivity contribution in [3.63, 3.8) is 0 Å². The van der Waals surface area contributed by atoms with Gasteiger partial charge in [0.1, 0.15) is 0 Å². The van der Waals surface area contributed by atoms with Crippen molar-refractivity contribution < 1.29 is 0 Å². The van der Waals surface area contributed by atoms with Gasteiger partial charge in [0.25, 0.3) is 0 Å². The number of nitrogens with zero attached hydrogens (tertiary/aromatic N) is 2. The predicted octanol–water partition coefficient (Wildman–Crippen LogP) is 4.46. The summed E-state index contributed by atoms with van der Waals surface area (Å²) in [6.07, 6.45) is 0. The molecule has 4 aromatic rings. The van der Waals surface area contributed by atoms with Crippen LogP contribution in [0, 0.1) is 0 Å². The Labute approximate surface area is 114 Å². The van der Waals surface area contributed by atoms with Crippen molar-refractivity contribution in [1.82, 2.24) is 9.55 Å². The number of thiophene rings is 1. The molecule has 0 radical (unpaired) electrons. The van der Waals surface area contributed by atoms with E-state index in [4.69, 9.17) is 4.98 Å². The molecule has 0 amide bonds. The first-order chi connectivity index (χ1) is 9.33. The number of aryl methyl sites for hydroxylation is 1. The lowest BCUT2D eigenvalue weighted by atomic mass is 10.2. The van der Waals surface area contributed by atoms with E-state index >= 15 is 0 Å². The Morgan fingerprint density at radius 1 is 1.00 bits per heavy atom. The number of imidazole rings is 1. The van der Waals surface area contributed by atoms with Gasteiger partial charge in [-0.05, 0) is 29.7 Å². The van der Waals surface area contributed by atoms with Crippen LogP contribution in [-0.2, 0) is 7.05 Å².